The van der Waals surface area contributed by atoms with Crippen LogP contribution in [0, 0.1) is 17.0 Å². The third kappa shape index (κ3) is 3.81. The van der Waals surface area contributed by atoms with Gasteiger partial charge < -0.3 is 9.88 Å². The molecule has 0 saturated carbocycles. The molecule has 1 aromatic carbocycles. The van der Waals surface area contributed by atoms with Crippen molar-refractivity contribution >= 4 is 11.4 Å². The zero-order valence-corrected chi connectivity index (χ0v) is 11.5. The van der Waals surface area contributed by atoms with Crippen LogP contribution in [0.15, 0.2) is 36.9 Å². The predicted molar refractivity (Wildman–Crippen MR) is 77.8 cm³/mol. The van der Waals surface area contributed by atoms with Gasteiger partial charge in [-0.2, -0.15) is 0 Å². The number of nitrogens with one attached hydrogen (secondary N) is 1. The molecule has 0 atom stereocenters. The molecule has 0 amide bonds. The maximum absolute atomic E-state index is 10.9. The number of aryl methyl sites for hydroxylation is 2. The number of aromatic nitrogens is 2. The molecule has 0 aliphatic heterocycles. The number of hydrogen-bond acceptors (Lipinski definition) is 4. The van der Waals surface area contributed by atoms with Gasteiger partial charge in [-0.15, -0.1) is 0 Å². The first kappa shape index (κ1) is 14.0. The van der Waals surface area contributed by atoms with Gasteiger partial charge in [-0.3, -0.25) is 10.1 Å². The second-order valence-electron chi connectivity index (χ2n) is 4.71. The molecular weight excluding hydrogens is 256 g/mol. The molecule has 6 nitrogen and oxygen atoms in total. The van der Waals surface area contributed by atoms with E-state index in [2.05, 4.69) is 10.3 Å². The number of nitro benzene ring substituents is 1. The largest absolute Gasteiger partial charge is 0.379 e. The summed E-state index contributed by atoms with van der Waals surface area (Å²) < 4.78 is 2.02. The Morgan fingerprint density at radius 2 is 2.25 bits per heavy atom. The molecule has 2 rings (SSSR count). The van der Waals surface area contributed by atoms with Gasteiger partial charge in [-0.1, -0.05) is 6.07 Å². The fourth-order valence-electron chi connectivity index (χ4n) is 2.01. The highest BCUT2D eigenvalue weighted by atomic mass is 16.6. The molecule has 6 heteroatoms. The van der Waals surface area contributed by atoms with Crippen LogP contribution in [0.3, 0.4) is 0 Å². The first-order chi connectivity index (χ1) is 9.66. The third-order valence-electron chi connectivity index (χ3n) is 3.07. The standard InChI is InChI=1S/C14H18N4O2/c1-12-4-5-14(18(19)20)13(10-12)16-6-2-3-8-17-9-7-15-11-17/h4-5,7,9-11,16H,2-3,6,8H2,1H3. The first-order valence-electron chi connectivity index (χ1n) is 6.61. The summed E-state index contributed by atoms with van der Waals surface area (Å²) in [4.78, 5) is 14.6. The fourth-order valence-corrected chi connectivity index (χ4v) is 2.01. The molecule has 0 fully saturated rings. The van der Waals surface area contributed by atoms with Gasteiger partial charge >= 0.3 is 0 Å². The van der Waals surface area contributed by atoms with Gasteiger partial charge in [0.1, 0.15) is 5.69 Å². The lowest BCUT2D eigenvalue weighted by Gasteiger charge is -2.08. The lowest BCUT2D eigenvalue weighted by atomic mass is 10.2. The minimum Gasteiger partial charge on any atom is -0.379 e. The number of nitrogens with zero attached hydrogens (tertiary/aromatic N) is 3. The Kier molecular flexibility index (Phi) is 4.70. The highest BCUT2D eigenvalue weighted by Gasteiger charge is 2.12. The number of nitro groups is 1. The maximum Gasteiger partial charge on any atom is 0.292 e. The molecule has 1 N–H and O–H groups in total. The van der Waals surface area contributed by atoms with E-state index in [4.69, 9.17) is 0 Å². The van der Waals surface area contributed by atoms with Gasteiger partial charge in [0.15, 0.2) is 0 Å². The number of hydrogen-bond donors (Lipinski definition) is 1. The maximum atomic E-state index is 10.9. The summed E-state index contributed by atoms with van der Waals surface area (Å²) in [6.45, 7) is 3.56. The summed E-state index contributed by atoms with van der Waals surface area (Å²) in [7, 11) is 0. The van der Waals surface area contributed by atoms with Crippen molar-refractivity contribution in [1.29, 1.82) is 0 Å². The molecule has 0 aliphatic rings. The third-order valence-corrected chi connectivity index (χ3v) is 3.07. The van der Waals surface area contributed by atoms with Gasteiger partial charge in [0, 0.05) is 31.5 Å². The van der Waals surface area contributed by atoms with Crippen LogP contribution < -0.4 is 5.32 Å². The van der Waals surface area contributed by atoms with Crippen LogP contribution in [0.5, 0.6) is 0 Å². The van der Waals surface area contributed by atoms with E-state index in [1.165, 1.54) is 0 Å². The molecule has 1 aromatic heterocycles. The molecule has 0 aliphatic carbocycles. The van der Waals surface area contributed by atoms with Crippen molar-refractivity contribution in [2.45, 2.75) is 26.3 Å². The van der Waals surface area contributed by atoms with Crippen molar-refractivity contribution in [2.75, 3.05) is 11.9 Å². The van der Waals surface area contributed by atoms with Crippen LogP contribution in [-0.4, -0.2) is 21.0 Å². The predicted octanol–water partition coefficient (Wildman–Crippen LogP) is 2.99. The lowest BCUT2D eigenvalue weighted by Crippen LogP contribution is -2.06. The summed E-state index contributed by atoms with van der Waals surface area (Å²) in [5.41, 5.74) is 1.74. The number of unbranched alkanes of at least 4 members (excludes halogenated alkanes) is 1. The minimum atomic E-state index is -0.354. The molecule has 0 unspecified atom stereocenters. The summed E-state index contributed by atoms with van der Waals surface area (Å²) in [6.07, 6.45) is 7.43. The smallest absolute Gasteiger partial charge is 0.292 e. The van der Waals surface area contributed by atoms with Crippen molar-refractivity contribution in [2.24, 2.45) is 0 Å². The average molecular weight is 274 g/mol. The summed E-state index contributed by atoms with van der Waals surface area (Å²) in [5, 5.41) is 14.1. The van der Waals surface area contributed by atoms with Gasteiger partial charge in [-0.25, -0.2) is 4.98 Å². The number of rotatable bonds is 7. The SMILES string of the molecule is Cc1ccc([N+](=O)[O-])c(NCCCCn2ccnc2)c1. The molecular formula is C14H18N4O2. The van der Waals surface area contributed by atoms with Crippen LogP contribution in [0.1, 0.15) is 18.4 Å². The Balaban J connectivity index is 1.81. The summed E-state index contributed by atoms with van der Waals surface area (Å²) >= 11 is 0. The Morgan fingerprint density at radius 3 is 2.95 bits per heavy atom. The van der Waals surface area contributed by atoms with E-state index >= 15 is 0 Å². The Bertz CT molecular complexity index is 567. The Hall–Kier alpha value is -2.37. The second kappa shape index (κ2) is 6.70. The Labute approximate surface area is 117 Å². The normalized spacial score (nSPS) is 10.4. The van der Waals surface area contributed by atoms with Crippen molar-refractivity contribution in [3.63, 3.8) is 0 Å². The monoisotopic (exact) mass is 274 g/mol. The molecule has 2 aromatic rings. The van der Waals surface area contributed by atoms with Crippen molar-refractivity contribution in [3.8, 4) is 0 Å². The molecule has 1 heterocycles. The van der Waals surface area contributed by atoms with Crippen molar-refractivity contribution in [3.05, 3.63) is 52.6 Å². The van der Waals surface area contributed by atoms with Gasteiger partial charge in [0.05, 0.1) is 11.3 Å². The topological polar surface area (TPSA) is 73.0 Å². The fraction of sp³-hybridized carbons (Fsp3) is 0.357. The zero-order chi connectivity index (χ0) is 14.4. The van der Waals surface area contributed by atoms with E-state index in [1.54, 1.807) is 24.7 Å². The van der Waals surface area contributed by atoms with Gasteiger partial charge in [-0.05, 0) is 31.4 Å². The molecule has 0 saturated heterocycles. The quantitative estimate of drug-likeness (QED) is 0.478. The van der Waals surface area contributed by atoms with Crippen molar-refractivity contribution in [1.82, 2.24) is 9.55 Å². The first-order valence-corrected chi connectivity index (χ1v) is 6.61. The van der Waals surface area contributed by atoms with Crippen LogP contribution in [0.2, 0.25) is 0 Å². The Morgan fingerprint density at radius 1 is 1.40 bits per heavy atom. The van der Waals surface area contributed by atoms with E-state index in [-0.39, 0.29) is 10.6 Å². The van der Waals surface area contributed by atoms with E-state index in [0.717, 1.165) is 31.5 Å². The molecule has 0 radical (unpaired) electrons. The van der Waals surface area contributed by atoms with Gasteiger partial charge in [0.2, 0.25) is 0 Å². The summed E-state index contributed by atoms with van der Waals surface area (Å²) in [6, 6.07) is 5.11. The van der Waals surface area contributed by atoms with Gasteiger partial charge in [0.25, 0.3) is 5.69 Å². The number of anilines is 1. The van der Waals surface area contributed by atoms with Crippen molar-refractivity contribution < 1.29 is 4.92 Å². The van der Waals surface area contributed by atoms with E-state index in [9.17, 15) is 10.1 Å². The highest BCUT2D eigenvalue weighted by Crippen LogP contribution is 2.25. The van der Waals surface area contributed by atoms with Crippen LogP contribution in [0.4, 0.5) is 11.4 Å². The highest BCUT2D eigenvalue weighted by molar-refractivity contribution is 5.62. The van der Waals surface area contributed by atoms with Crippen LogP contribution in [0.25, 0.3) is 0 Å². The van der Waals surface area contributed by atoms with Crippen LogP contribution in [-0.2, 0) is 6.54 Å². The zero-order valence-electron chi connectivity index (χ0n) is 11.5. The molecule has 106 valence electrons. The molecule has 20 heavy (non-hydrogen) atoms. The minimum absolute atomic E-state index is 0.130. The second-order valence-corrected chi connectivity index (χ2v) is 4.71. The van der Waals surface area contributed by atoms with Crippen LogP contribution >= 0.6 is 0 Å². The van der Waals surface area contributed by atoms with E-state index in [1.807, 2.05) is 23.8 Å². The summed E-state index contributed by atoms with van der Waals surface area (Å²) in [5.74, 6) is 0. The molecule has 0 spiro atoms. The lowest BCUT2D eigenvalue weighted by molar-refractivity contribution is -0.384. The number of benzene rings is 1. The van der Waals surface area contributed by atoms with E-state index in [0.29, 0.717) is 5.69 Å². The number of imidazole rings is 1. The molecule has 0 bridgehead atoms. The average Bonchev–Trinajstić information content (AvgIpc) is 2.91. The van der Waals surface area contributed by atoms with E-state index < -0.39 is 0 Å².